The van der Waals surface area contributed by atoms with E-state index in [4.69, 9.17) is 5.26 Å². The van der Waals surface area contributed by atoms with E-state index in [1.807, 2.05) is 6.07 Å². The third-order valence-electron chi connectivity index (χ3n) is 2.97. The fraction of sp³-hybridized carbons (Fsp3) is 0.385. The molecule has 1 aromatic carbocycles. The van der Waals surface area contributed by atoms with Gasteiger partial charge >= 0.3 is 0 Å². The quantitative estimate of drug-likeness (QED) is 0.906. The Hall–Kier alpha value is -1.58. The zero-order chi connectivity index (χ0) is 13.8. The molecule has 0 bridgehead atoms. The van der Waals surface area contributed by atoms with E-state index in [1.54, 1.807) is 18.8 Å². The zero-order valence-corrected chi connectivity index (χ0v) is 11.3. The summed E-state index contributed by atoms with van der Waals surface area (Å²) >= 11 is 1.67. The van der Waals surface area contributed by atoms with Crippen LogP contribution in [0.25, 0.3) is 0 Å². The molecule has 4 nitrogen and oxygen atoms in total. The van der Waals surface area contributed by atoms with Crippen LogP contribution >= 0.6 is 11.8 Å². The number of nitrogens with one attached hydrogen (secondary N) is 1. The van der Waals surface area contributed by atoms with E-state index in [0.717, 1.165) is 11.6 Å². The summed E-state index contributed by atoms with van der Waals surface area (Å²) < 4.78 is 13.6. The van der Waals surface area contributed by atoms with E-state index >= 15 is 0 Å². The van der Waals surface area contributed by atoms with Crippen LogP contribution in [0.3, 0.4) is 0 Å². The summed E-state index contributed by atoms with van der Waals surface area (Å²) in [5.41, 5.74) is 0.757. The Morgan fingerprint density at radius 1 is 1.68 bits per heavy atom. The Labute approximate surface area is 115 Å². The minimum Gasteiger partial charge on any atom is -0.340 e. The maximum absolute atomic E-state index is 13.6. The van der Waals surface area contributed by atoms with Gasteiger partial charge in [-0.25, -0.2) is 4.39 Å². The first-order chi connectivity index (χ1) is 9.11. The molecule has 0 aliphatic carbocycles. The molecule has 1 amide bonds. The summed E-state index contributed by atoms with van der Waals surface area (Å²) in [5, 5.41) is 11.9. The van der Waals surface area contributed by atoms with Crippen molar-refractivity contribution in [3.05, 3.63) is 35.1 Å². The maximum Gasteiger partial charge on any atom is 0.240 e. The largest absolute Gasteiger partial charge is 0.340 e. The molecule has 0 radical (unpaired) electrons. The molecule has 1 fully saturated rings. The Kier molecular flexibility index (Phi) is 4.40. The van der Waals surface area contributed by atoms with Crippen molar-refractivity contribution in [2.24, 2.45) is 0 Å². The Morgan fingerprint density at radius 2 is 2.47 bits per heavy atom. The maximum atomic E-state index is 13.6. The lowest BCUT2D eigenvalue weighted by atomic mass is 10.1. The first kappa shape index (κ1) is 13.8. The van der Waals surface area contributed by atoms with Gasteiger partial charge < -0.3 is 4.90 Å². The molecular weight excluding hydrogens is 265 g/mol. The van der Waals surface area contributed by atoms with Gasteiger partial charge in [-0.3, -0.25) is 10.1 Å². The van der Waals surface area contributed by atoms with Crippen LogP contribution in [0.5, 0.6) is 0 Å². The predicted octanol–water partition coefficient (Wildman–Crippen LogP) is 1.32. The van der Waals surface area contributed by atoms with Crippen molar-refractivity contribution in [1.82, 2.24) is 10.2 Å². The lowest BCUT2D eigenvalue weighted by Crippen LogP contribution is -2.42. The lowest BCUT2D eigenvalue weighted by molar-refractivity contribution is -0.131. The number of benzene rings is 1. The Bertz CT molecular complexity index is 523. The smallest absolute Gasteiger partial charge is 0.240 e. The Balaban J connectivity index is 2.07. The van der Waals surface area contributed by atoms with Gasteiger partial charge in [-0.05, 0) is 18.2 Å². The standard InChI is InChI=1S/C13H14FN3OS/c1-17(13(18)12-7-19-8-16-12)6-10-4-9(5-15)2-3-11(10)14/h2-4,12,16H,6-8H2,1H3. The number of halogens is 1. The molecule has 1 saturated heterocycles. The van der Waals surface area contributed by atoms with Crippen LogP contribution in [0.4, 0.5) is 4.39 Å². The second-order valence-electron chi connectivity index (χ2n) is 4.38. The molecule has 1 aromatic rings. The average molecular weight is 279 g/mol. The highest BCUT2D eigenvalue weighted by atomic mass is 32.2. The van der Waals surface area contributed by atoms with Gasteiger partial charge in [-0.2, -0.15) is 5.26 Å². The van der Waals surface area contributed by atoms with Crippen molar-refractivity contribution in [3.8, 4) is 6.07 Å². The van der Waals surface area contributed by atoms with Crippen LogP contribution in [-0.4, -0.2) is 35.5 Å². The molecule has 0 saturated carbocycles. The van der Waals surface area contributed by atoms with Gasteiger partial charge in [0.15, 0.2) is 0 Å². The van der Waals surface area contributed by atoms with Crippen LogP contribution in [-0.2, 0) is 11.3 Å². The number of amides is 1. The van der Waals surface area contributed by atoms with Gasteiger partial charge in [0.1, 0.15) is 5.82 Å². The molecule has 1 aliphatic rings. The third kappa shape index (κ3) is 3.25. The van der Waals surface area contributed by atoms with Crippen molar-refractivity contribution in [3.63, 3.8) is 0 Å². The molecule has 1 unspecified atom stereocenters. The van der Waals surface area contributed by atoms with Crippen molar-refractivity contribution < 1.29 is 9.18 Å². The molecule has 1 heterocycles. The van der Waals surface area contributed by atoms with Gasteiger partial charge in [0.25, 0.3) is 0 Å². The number of nitriles is 1. The van der Waals surface area contributed by atoms with Crippen molar-refractivity contribution in [1.29, 1.82) is 5.26 Å². The second kappa shape index (κ2) is 6.04. The molecule has 2 rings (SSSR count). The fourth-order valence-electron chi connectivity index (χ4n) is 1.92. The summed E-state index contributed by atoms with van der Waals surface area (Å²) in [6.07, 6.45) is 0. The molecule has 1 aliphatic heterocycles. The van der Waals surface area contributed by atoms with Crippen LogP contribution in [0.2, 0.25) is 0 Å². The van der Waals surface area contributed by atoms with Gasteiger partial charge in [0.2, 0.25) is 5.91 Å². The van der Waals surface area contributed by atoms with Gasteiger partial charge in [-0.15, -0.1) is 11.8 Å². The molecule has 19 heavy (non-hydrogen) atoms. The minimum atomic E-state index is -0.396. The number of hydrogen-bond donors (Lipinski definition) is 1. The predicted molar refractivity (Wildman–Crippen MR) is 71.8 cm³/mol. The van der Waals surface area contributed by atoms with Gasteiger partial charge in [-0.1, -0.05) is 0 Å². The van der Waals surface area contributed by atoms with Gasteiger partial charge in [0.05, 0.1) is 17.7 Å². The van der Waals surface area contributed by atoms with Crippen LogP contribution in [0, 0.1) is 17.1 Å². The van der Waals surface area contributed by atoms with Gasteiger partial charge in [0, 0.05) is 30.8 Å². The average Bonchev–Trinajstić information content (AvgIpc) is 2.94. The van der Waals surface area contributed by atoms with Crippen LogP contribution < -0.4 is 5.32 Å². The second-order valence-corrected chi connectivity index (χ2v) is 5.41. The normalized spacial score (nSPS) is 18.1. The van der Waals surface area contributed by atoms with Crippen LogP contribution in [0.1, 0.15) is 11.1 Å². The molecular formula is C13H14FN3OS. The van der Waals surface area contributed by atoms with E-state index in [0.29, 0.717) is 11.1 Å². The van der Waals surface area contributed by atoms with E-state index in [2.05, 4.69) is 5.32 Å². The number of nitrogens with zero attached hydrogens (tertiary/aromatic N) is 2. The Morgan fingerprint density at radius 3 is 3.11 bits per heavy atom. The lowest BCUT2D eigenvalue weighted by Gasteiger charge is -2.21. The number of thioether (sulfide) groups is 1. The first-order valence-electron chi connectivity index (χ1n) is 5.86. The number of carbonyl (C=O) groups excluding carboxylic acids is 1. The number of likely N-dealkylation sites (N-methyl/N-ethyl adjacent to an activating group) is 1. The monoisotopic (exact) mass is 279 g/mol. The molecule has 6 heteroatoms. The molecule has 0 spiro atoms. The summed E-state index contributed by atoms with van der Waals surface area (Å²) in [6, 6.07) is 5.94. The van der Waals surface area contributed by atoms with E-state index in [1.165, 1.54) is 23.1 Å². The number of hydrogen-bond acceptors (Lipinski definition) is 4. The summed E-state index contributed by atoms with van der Waals surface area (Å²) in [4.78, 5) is 13.6. The topological polar surface area (TPSA) is 56.1 Å². The highest BCUT2D eigenvalue weighted by Gasteiger charge is 2.25. The van der Waals surface area contributed by atoms with Crippen molar-refractivity contribution >= 4 is 17.7 Å². The van der Waals surface area contributed by atoms with E-state index < -0.39 is 5.82 Å². The highest BCUT2D eigenvalue weighted by Crippen LogP contribution is 2.15. The summed E-state index contributed by atoms with van der Waals surface area (Å²) in [6.45, 7) is 0.170. The van der Waals surface area contributed by atoms with Crippen molar-refractivity contribution in [2.45, 2.75) is 12.6 Å². The van der Waals surface area contributed by atoms with Crippen molar-refractivity contribution in [2.75, 3.05) is 18.7 Å². The SMILES string of the molecule is CN(Cc1cc(C#N)ccc1F)C(=O)C1CSCN1. The molecule has 1 atom stereocenters. The third-order valence-corrected chi connectivity index (χ3v) is 3.91. The zero-order valence-electron chi connectivity index (χ0n) is 10.5. The van der Waals surface area contributed by atoms with Crippen LogP contribution in [0.15, 0.2) is 18.2 Å². The number of rotatable bonds is 3. The van der Waals surface area contributed by atoms with E-state index in [-0.39, 0.29) is 18.5 Å². The fourth-order valence-corrected chi connectivity index (χ4v) is 2.85. The first-order valence-corrected chi connectivity index (χ1v) is 7.02. The van der Waals surface area contributed by atoms with E-state index in [9.17, 15) is 9.18 Å². The minimum absolute atomic E-state index is 0.0493. The molecule has 1 N–H and O–H groups in total. The molecule has 0 aromatic heterocycles. The number of carbonyl (C=O) groups is 1. The highest BCUT2D eigenvalue weighted by molar-refractivity contribution is 7.99. The summed E-state index contributed by atoms with van der Waals surface area (Å²) in [5.74, 6) is 1.06. The summed E-state index contributed by atoms with van der Waals surface area (Å²) in [7, 11) is 1.64. The molecule has 100 valence electrons.